The molecule has 0 aliphatic heterocycles. The molecule has 7 nitrogen and oxygen atoms in total. The van der Waals surface area contributed by atoms with Crippen LogP contribution in [0.3, 0.4) is 0 Å². The van der Waals surface area contributed by atoms with E-state index in [0.717, 1.165) is 4.52 Å². The molecule has 3 rings (SSSR count). The Hall–Kier alpha value is -3.17. The summed E-state index contributed by atoms with van der Waals surface area (Å²) < 4.78 is 39.7. The molecule has 28 heavy (non-hydrogen) atoms. The molecule has 148 valence electrons. The maximum atomic E-state index is 12.9. The Balaban J connectivity index is 1.82. The molecule has 2 N–H and O–H groups in total. The van der Waals surface area contributed by atoms with Gasteiger partial charge in [-0.15, -0.1) is 5.10 Å². The van der Waals surface area contributed by atoms with Crippen LogP contribution in [0.1, 0.15) is 31.8 Å². The summed E-state index contributed by atoms with van der Waals surface area (Å²) in [6.07, 6.45) is -4.24. The molecule has 0 spiro atoms. The second-order valence-corrected chi connectivity index (χ2v) is 6.78. The van der Waals surface area contributed by atoms with E-state index in [4.69, 9.17) is 0 Å². The van der Waals surface area contributed by atoms with Crippen molar-refractivity contribution in [3.05, 3.63) is 41.9 Å². The van der Waals surface area contributed by atoms with E-state index in [-0.39, 0.29) is 17.6 Å². The normalized spacial score (nSPS) is 11.8. The molecule has 0 aliphatic rings. The first-order chi connectivity index (χ1) is 13.1. The number of rotatable bonds is 5. The monoisotopic (exact) mass is 392 g/mol. The molecule has 3 aromatic rings. The van der Waals surface area contributed by atoms with Crippen molar-refractivity contribution in [3.8, 4) is 0 Å². The molecule has 0 fully saturated rings. The number of anilines is 3. The van der Waals surface area contributed by atoms with Gasteiger partial charge in [0.1, 0.15) is 5.82 Å². The Bertz CT molecular complexity index is 995. The van der Waals surface area contributed by atoms with Gasteiger partial charge in [-0.05, 0) is 37.1 Å². The highest BCUT2D eigenvalue weighted by molar-refractivity contribution is 5.91. The summed E-state index contributed by atoms with van der Waals surface area (Å²) in [6.45, 7) is 5.57. The second kappa shape index (κ2) is 7.45. The van der Waals surface area contributed by atoms with Crippen molar-refractivity contribution in [1.29, 1.82) is 0 Å². The Labute approximate surface area is 159 Å². The highest BCUT2D eigenvalue weighted by Crippen LogP contribution is 2.28. The summed E-state index contributed by atoms with van der Waals surface area (Å²) >= 11 is 0. The van der Waals surface area contributed by atoms with Gasteiger partial charge in [0.25, 0.3) is 11.6 Å². The van der Waals surface area contributed by atoms with Crippen LogP contribution >= 0.6 is 0 Å². The molecule has 0 radical (unpaired) electrons. The molecule has 2 heterocycles. The molecular weight excluding hydrogens is 373 g/mol. The van der Waals surface area contributed by atoms with Crippen LogP contribution in [0, 0.1) is 12.8 Å². The van der Waals surface area contributed by atoms with E-state index in [2.05, 4.69) is 25.7 Å². The maximum absolute atomic E-state index is 12.9. The van der Waals surface area contributed by atoms with Crippen molar-refractivity contribution < 1.29 is 18.0 Å². The van der Waals surface area contributed by atoms with E-state index < -0.39 is 12.0 Å². The van der Waals surface area contributed by atoms with Gasteiger partial charge in [0.15, 0.2) is 0 Å². The van der Waals surface area contributed by atoms with Crippen LogP contribution in [0.4, 0.5) is 30.4 Å². The summed E-state index contributed by atoms with van der Waals surface area (Å²) in [5.74, 6) is -0.932. The third-order valence-electron chi connectivity index (χ3n) is 3.73. The number of amides is 1. The van der Waals surface area contributed by atoms with Gasteiger partial charge in [-0.1, -0.05) is 13.8 Å². The Kier molecular flexibility index (Phi) is 5.21. The van der Waals surface area contributed by atoms with Gasteiger partial charge < -0.3 is 10.6 Å². The number of aromatic nitrogens is 4. The zero-order chi connectivity index (χ0) is 20.5. The number of halogens is 3. The van der Waals surface area contributed by atoms with Crippen LogP contribution in [0.25, 0.3) is 5.78 Å². The molecule has 1 aromatic carbocycles. The van der Waals surface area contributed by atoms with Crippen LogP contribution in [0.15, 0.2) is 30.3 Å². The first-order valence-electron chi connectivity index (χ1n) is 8.60. The first kappa shape index (κ1) is 19.6. The van der Waals surface area contributed by atoms with Crippen molar-refractivity contribution in [2.45, 2.75) is 33.4 Å². The number of alkyl halides is 3. The van der Waals surface area contributed by atoms with Crippen LogP contribution in [0.5, 0.6) is 0 Å². The van der Waals surface area contributed by atoms with Crippen molar-refractivity contribution in [2.75, 3.05) is 10.6 Å². The number of hydrogen-bond acceptors (Lipinski definition) is 5. The number of hydrogen-bond donors (Lipinski definition) is 2. The molecule has 0 atom stereocenters. The highest BCUT2D eigenvalue weighted by atomic mass is 19.4. The third kappa shape index (κ3) is 4.56. The minimum atomic E-state index is -4.66. The van der Waals surface area contributed by atoms with Gasteiger partial charge >= 0.3 is 6.18 Å². The molecular formula is C18H19F3N6O. The predicted octanol–water partition coefficient (Wildman–Crippen LogP) is 4.18. The first-order valence-corrected chi connectivity index (χ1v) is 8.60. The van der Waals surface area contributed by atoms with Crippen LogP contribution in [-0.4, -0.2) is 25.5 Å². The second-order valence-electron chi connectivity index (χ2n) is 6.78. The van der Waals surface area contributed by atoms with Gasteiger partial charge in [0.05, 0.1) is 0 Å². The van der Waals surface area contributed by atoms with Crippen LogP contribution in [0.2, 0.25) is 0 Å². The summed E-state index contributed by atoms with van der Waals surface area (Å²) in [4.78, 5) is 19.3. The van der Waals surface area contributed by atoms with Gasteiger partial charge in [-0.2, -0.15) is 22.7 Å². The molecule has 2 aromatic heterocycles. The number of carbonyl (C=O) groups excluding carboxylic acids is 1. The fourth-order valence-electron chi connectivity index (χ4n) is 2.56. The van der Waals surface area contributed by atoms with E-state index in [1.54, 1.807) is 37.3 Å². The van der Waals surface area contributed by atoms with E-state index in [1.165, 1.54) is 0 Å². The summed E-state index contributed by atoms with van der Waals surface area (Å²) in [5, 5.41) is 9.30. The van der Waals surface area contributed by atoms with Crippen molar-refractivity contribution in [3.63, 3.8) is 0 Å². The van der Waals surface area contributed by atoms with Gasteiger partial charge in [-0.25, -0.2) is 4.98 Å². The van der Waals surface area contributed by atoms with E-state index in [1.807, 2.05) is 13.8 Å². The number of aryl methyl sites for hydroxylation is 1. The summed E-state index contributed by atoms with van der Waals surface area (Å²) in [6, 6.07) is 8.38. The molecule has 10 heteroatoms. The SMILES string of the molecule is Cc1cc(Nc2ccc(NC(=O)CC(C)C)cc2)n2nc(C(F)(F)F)nc2n1. The number of nitrogens with zero attached hydrogens (tertiary/aromatic N) is 4. The Morgan fingerprint density at radius 3 is 2.39 bits per heavy atom. The highest BCUT2D eigenvalue weighted by Gasteiger charge is 2.36. The van der Waals surface area contributed by atoms with Gasteiger partial charge in [-0.3, -0.25) is 4.79 Å². The van der Waals surface area contributed by atoms with Crippen LogP contribution in [-0.2, 0) is 11.0 Å². The van der Waals surface area contributed by atoms with Crippen molar-refractivity contribution in [1.82, 2.24) is 19.6 Å². The van der Waals surface area contributed by atoms with E-state index >= 15 is 0 Å². The zero-order valence-electron chi connectivity index (χ0n) is 15.5. The largest absolute Gasteiger partial charge is 0.453 e. The molecule has 0 unspecified atom stereocenters. The maximum Gasteiger partial charge on any atom is 0.453 e. The number of fused-ring (bicyclic) bond motifs is 1. The average molecular weight is 392 g/mol. The number of carbonyl (C=O) groups is 1. The number of benzene rings is 1. The van der Waals surface area contributed by atoms with Crippen LogP contribution < -0.4 is 10.6 Å². The Morgan fingerprint density at radius 2 is 1.79 bits per heavy atom. The van der Waals surface area contributed by atoms with Gasteiger partial charge in [0.2, 0.25) is 5.91 Å². The lowest BCUT2D eigenvalue weighted by Crippen LogP contribution is -2.13. The topological polar surface area (TPSA) is 84.2 Å². The predicted molar refractivity (Wildman–Crippen MR) is 98.3 cm³/mol. The Morgan fingerprint density at radius 1 is 1.14 bits per heavy atom. The fourth-order valence-corrected chi connectivity index (χ4v) is 2.56. The minimum Gasteiger partial charge on any atom is -0.340 e. The van der Waals surface area contributed by atoms with E-state index in [9.17, 15) is 18.0 Å². The fraction of sp³-hybridized carbons (Fsp3) is 0.333. The standard InChI is InChI=1S/C18H19F3N6O/c1-10(2)8-15(28)24-13-6-4-12(5-7-13)23-14-9-11(3)22-17-25-16(18(19,20)21)26-27(14)17/h4-7,9-10,23H,8H2,1-3H3,(H,24,28). The van der Waals surface area contributed by atoms with E-state index in [0.29, 0.717) is 29.3 Å². The summed E-state index contributed by atoms with van der Waals surface area (Å²) in [5.41, 5.74) is 1.74. The molecule has 0 saturated heterocycles. The molecule has 0 saturated carbocycles. The number of nitrogens with one attached hydrogen (secondary N) is 2. The minimum absolute atomic E-state index is 0.0792. The lowest BCUT2D eigenvalue weighted by Gasteiger charge is -2.10. The van der Waals surface area contributed by atoms with Gasteiger partial charge in [0, 0.05) is 29.6 Å². The lowest BCUT2D eigenvalue weighted by molar-refractivity contribution is -0.144. The molecule has 1 amide bonds. The average Bonchev–Trinajstić information content (AvgIpc) is 3.00. The zero-order valence-corrected chi connectivity index (χ0v) is 15.5. The lowest BCUT2D eigenvalue weighted by atomic mass is 10.1. The molecule has 0 aliphatic carbocycles. The van der Waals surface area contributed by atoms with Crippen molar-refractivity contribution in [2.24, 2.45) is 5.92 Å². The van der Waals surface area contributed by atoms with Crippen molar-refractivity contribution >= 4 is 28.9 Å². The quantitative estimate of drug-likeness (QED) is 0.681. The smallest absolute Gasteiger partial charge is 0.340 e. The summed E-state index contributed by atoms with van der Waals surface area (Å²) in [7, 11) is 0. The third-order valence-corrected chi connectivity index (χ3v) is 3.73. The molecule has 0 bridgehead atoms.